The van der Waals surface area contributed by atoms with Gasteiger partial charge in [-0.1, -0.05) is 29.8 Å². The lowest BCUT2D eigenvalue weighted by Gasteiger charge is -2.25. The SMILES string of the molecule is Cc1ccc(CC2CCCN2C(=O)CCc2c(C)nn(C)c2C)cc1. The maximum Gasteiger partial charge on any atom is 0.223 e. The number of carbonyl (C=O) groups excluding carboxylic acids is 1. The first-order valence-electron chi connectivity index (χ1n) is 9.30. The third kappa shape index (κ3) is 3.94. The van der Waals surface area contributed by atoms with E-state index in [-0.39, 0.29) is 5.91 Å². The predicted octanol–water partition coefficient (Wildman–Crippen LogP) is 3.51. The Labute approximate surface area is 150 Å². The largest absolute Gasteiger partial charge is 0.339 e. The van der Waals surface area contributed by atoms with Crippen LogP contribution in [0.4, 0.5) is 0 Å². The zero-order valence-corrected chi connectivity index (χ0v) is 15.9. The standard InChI is InChI=1S/C21H29N3O/c1-15-7-9-18(10-8-15)14-19-6-5-13-24(19)21(25)12-11-20-16(2)22-23(4)17(20)3/h7-10,19H,5-6,11-14H2,1-4H3. The zero-order valence-electron chi connectivity index (χ0n) is 15.9. The van der Waals surface area contributed by atoms with Gasteiger partial charge >= 0.3 is 0 Å². The van der Waals surface area contributed by atoms with E-state index in [1.165, 1.54) is 22.4 Å². The summed E-state index contributed by atoms with van der Waals surface area (Å²) < 4.78 is 1.91. The number of aryl methyl sites for hydroxylation is 3. The Morgan fingerprint density at radius 3 is 2.56 bits per heavy atom. The number of benzene rings is 1. The smallest absolute Gasteiger partial charge is 0.223 e. The molecule has 134 valence electrons. The van der Waals surface area contributed by atoms with Gasteiger partial charge in [-0.15, -0.1) is 0 Å². The molecule has 25 heavy (non-hydrogen) atoms. The molecule has 0 saturated carbocycles. The van der Waals surface area contributed by atoms with Gasteiger partial charge in [0.05, 0.1) is 5.69 Å². The fraction of sp³-hybridized carbons (Fsp3) is 0.524. The monoisotopic (exact) mass is 339 g/mol. The summed E-state index contributed by atoms with van der Waals surface area (Å²) in [4.78, 5) is 14.9. The molecule has 0 aliphatic carbocycles. The van der Waals surface area contributed by atoms with Crippen LogP contribution in [0.25, 0.3) is 0 Å². The van der Waals surface area contributed by atoms with Gasteiger partial charge < -0.3 is 4.90 Å². The van der Waals surface area contributed by atoms with Gasteiger partial charge in [-0.3, -0.25) is 9.48 Å². The fourth-order valence-corrected chi connectivity index (χ4v) is 3.93. The Balaban J connectivity index is 1.61. The minimum atomic E-state index is 0.289. The van der Waals surface area contributed by atoms with Crippen molar-refractivity contribution < 1.29 is 4.79 Å². The van der Waals surface area contributed by atoms with Crippen molar-refractivity contribution in [2.75, 3.05) is 6.54 Å². The number of likely N-dealkylation sites (tertiary alicyclic amines) is 1. The van der Waals surface area contributed by atoms with Crippen LogP contribution in [0.3, 0.4) is 0 Å². The molecule has 1 aliphatic heterocycles. The molecule has 1 aromatic heterocycles. The Hall–Kier alpha value is -2.10. The highest BCUT2D eigenvalue weighted by molar-refractivity contribution is 5.77. The fourth-order valence-electron chi connectivity index (χ4n) is 3.93. The second-order valence-corrected chi connectivity index (χ2v) is 7.35. The lowest BCUT2D eigenvalue weighted by molar-refractivity contribution is -0.131. The van der Waals surface area contributed by atoms with Crippen molar-refractivity contribution in [3.8, 4) is 0 Å². The molecule has 0 bridgehead atoms. The van der Waals surface area contributed by atoms with Gasteiger partial charge in [-0.2, -0.15) is 5.10 Å². The van der Waals surface area contributed by atoms with Crippen LogP contribution in [0.5, 0.6) is 0 Å². The quantitative estimate of drug-likeness (QED) is 0.836. The molecule has 1 aliphatic rings. The summed E-state index contributed by atoms with van der Waals surface area (Å²) in [5, 5.41) is 4.46. The van der Waals surface area contributed by atoms with Crippen LogP contribution in [-0.2, 0) is 24.7 Å². The molecule has 1 unspecified atom stereocenters. The first-order valence-corrected chi connectivity index (χ1v) is 9.30. The minimum absolute atomic E-state index is 0.289. The summed E-state index contributed by atoms with van der Waals surface area (Å²) in [6, 6.07) is 9.05. The zero-order chi connectivity index (χ0) is 18.0. The van der Waals surface area contributed by atoms with Crippen LogP contribution in [0.1, 0.15) is 47.3 Å². The summed E-state index contributed by atoms with van der Waals surface area (Å²) >= 11 is 0. The predicted molar refractivity (Wildman–Crippen MR) is 101 cm³/mol. The normalized spacial score (nSPS) is 17.3. The third-order valence-electron chi connectivity index (χ3n) is 5.54. The molecule has 0 radical (unpaired) electrons. The highest BCUT2D eigenvalue weighted by Gasteiger charge is 2.28. The van der Waals surface area contributed by atoms with Gasteiger partial charge in [0, 0.05) is 31.7 Å². The Kier molecular flexibility index (Phi) is 5.26. The number of aromatic nitrogens is 2. The molecular formula is C21H29N3O. The van der Waals surface area contributed by atoms with Crippen LogP contribution in [-0.4, -0.2) is 33.2 Å². The highest BCUT2D eigenvalue weighted by atomic mass is 16.2. The molecular weight excluding hydrogens is 310 g/mol. The van der Waals surface area contributed by atoms with E-state index in [2.05, 4.69) is 48.1 Å². The number of nitrogens with zero attached hydrogens (tertiary/aromatic N) is 3. The van der Waals surface area contributed by atoms with E-state index in [1.54, 1.807) is 0 Å². The topological polar surface area (TPSA) is 38.1 Å². The summed E-state index contributed by atoms with van der Waals surface area (Å²) in [6.07, 6.45) is 4.57. The van der Waals surface area contributed by atoms with E-state index in [4.69, 9.17) is 0 Å². The number of amides is 1. The van der Waals surface area contributed by atoms with E-state index < -0.39 is 0 Å². The number of hydrogen-bond acceptors (Lipinski definition) is 2. The molecule has 0 N–H and O–H groups in total. The Morgan fingerprint density at radius 1 is 1.20 bits per heavy atom. The number of hydrogen-bond donors (Lipinski definition) is 0. The van der Waals surface area contributed by atoms with Crippen molar-refractivity contribution in [1.29, 1.82) is 0 Å². The second-order valence-electron chi connectivity index (χ2n) is 7.35. The summed E-state index contributed by atoms with van der Waals surface area (Å²) in [5.74, 6) is 0.289. The molecule has 1 amide bonds. The molecule has 2 heterocycles. The minimum Gasteiger partial charge on any atom is -0.339 e. The summed E-state index contributed by atoms with van der Waals surface area (Å²) in [6.45, 7) is 7.12. The van der Waals surface area contributed by atoms with E-state index in [0.29, 0.717) is 12.5 Å². The van der Waals surface area contributed by atoms with E-state index in [0.717, 1.165) is 37.9 Å². The van der Waals surface area contributed by atoms with E-state index >= 15 is 0 Å². The van der Waals surface area contributed by atoms with E-state index in [9.17, 15) is 4.79 Å². The van der Waals surface area contributed by atoms with Gasteiger partial charge in [0.1, 0.15) is 0 Å². The molecule has 2 aromatic rings. The van der Waals surface area contributed by atoms with Crippen LogP contribution >= 0.6 is 0 Å². The van der Waals surface area contributed by atoms with Crippen molar-refractivity contribution in [2.45, 2.75) is 58.9 Å². The van der Waals surface area contributed by atoms with Crippen molar-refractivity contribution >= 4 is 5.91 Å². The Morgan fingerprint density at radius 2 is 1.92 bits per heavy atom. The Bertz CT molecular complexity index is 745. The average molecular weight is 339 g/mol. The van der Waals surface area contributed by atoms with Crippen molar-refractivity contribution in [1.82, 2.24) is 14.7 Å². The second kappa shape index (κ2) is 7.42. The lowest BCUT2D eigenvalue weighted by Crippen LogP contribution is -2.37. The van der Waals surface area contributed by atoms with Gasteiger partial charge in [-0.05, 0) is 57.6 Å². The molecule has 1 aromatic carbocycles. The molecule has 1 atom stereocenters. The molecule has 3 rings (SSSR count). The van der Waals surface area contributed by atoms with Crippen LogP contribution in [0, 0.1) is 20.8 Å². The number of carbonyl (C=O) groups is 1. The highest BCUT2D eigenvalue weighted by Crippen LogP contribution is 2.23. The summed E-state index contributed by atoms with van der Waals surface area (Å²) in [5.41, 5.74) is 6.05. The average Bonchev–Trinajstić information content (AvgIpc) is 3.13. The molecule has 4 nitrogen and oxygen atoms in total. The van der Waals surface area contributed by atoms with Crippen LogP contribution in [0.2, 0.25) is 0 Å². The summed E-state index contributed by atoms with van der Waals surface area (Å²) in [7, 11) is 1.96. The molecule has 1 saturated heterocycles. The van der Waals surface area contributed by atoms with Crippen molar-refractivity contribution in [3.63, 3.8) is 0 Å². The van der Waals surface area contributed by atoms with Gasteiger partial charge in [0.2, 0.25) is 5.91 Å². The molecule has 0 spiro atoms. The maximum atomic E-state index is 12.8. The van der Waals surface area contributed by atoms with Gasteiger partial charge in [0.25, 0.3) is 0 Å². The van der Waals surface area contributed by atoms with Gasteiger partial charge in [0.15, 0.2) is 0 Å². The van der Waals surface area contributed by atoms with Crippen molar-refractivity contribution in [3.05, 3.63) is 52.3 Å². The maximum absolute atomic E-state index is 12.8. The van der Waals surface area contributed by atoms with Crippen molar-refractivity contribution in [2.24, 2.45) is 7.05 Å². The van der Waals surface area contributed by atoms with E-state index in [1.807, 2.05) is 18.7 Å². The first-order chi connectivity index (χ1) is 12.0. The lowest BCUT2D eigenvalue weighted by atomic mass is 10.0. The van der Waals surface area contributed by atoms with Crippen LogP contribution < -0.4 is 0 Å². The van der Waals surface area contributed by atoms with Gasteiger partial charge in [-0.25, -0.2) is 0 Å². The molecule has 4 heteroatoms. The third-order valence-corrected chi connectivity index (χ3v) is 5.54. The van der Waals surface area contributed by atoms with Crippen LogP contribution in [0.15, 0.2) is 24.3 Å². The first kappa shape index (κ1) is 17.7. The number of rotatable bonds is 5. The molecule has 1 fully saturated rings.